The van der Waals surface area contributed by atoms with Crippen LogP contribution in [-0.4, -0.2) is 68.2 Å². The summed E-state index contributed by atoms with van der Waals surface area (Å²) in [6.07, 6.45) is 1.88. The highest BCUT2D eigenvalue weighted by Crippen LogP contribution is 2.21. The molecular formula is C14H30N2O3. The van der Waals surface area contributed by atoms with E-state index in [9.17, 15) is 5.11 Å². The lowest BCUT2D eigenvalue weighted by atomic mass is 9.92. The van der Waals surface area contributed by atoms with Crippen molar-refractivity contribution >= 4 is 0 Å². The highest BCUT2D eigenvalue weighted by Gasteiger charge is 2.26. The number of ether oxygens (including phenoxy) is 2. The Morgan fingerprint density at radius 3 is 2.79 bits per heavy atom. The van der Waals surface area contributed by atoms with Crippen molar-refractivity contribution in [3.8, 4) is 0 Å². The molecule has 1 rings (SSSR count). The van der Waals surface area contributed by atoms with Crippen LogP contribution in [0.25, 0.3) is 0 Å². The molecule has 0 aliphatic carbocycles. The number of aliphatic hydroxyl groups excluding tert-OH is 1. The van der Waals surface area contributed by atoms with Gasteiger partial charge in [0.15, 0.2) is 0 Å². The Kier molecular flexibility index (Phi) is 7.87. The van der Waals surface area contributed by atoms with Crippen LogP contribution in [0.15, 0.2) is 0 Å². The van der Waals surface area contributed by atoms with E-state index in [0.29, 0.717) is 32.3 Å². The number of likely N-dealkylation sites (tertiary alicyclic amines) is 1. The fourth-order valence-electron chi connectivity index (χ4n) is 2.67. The number of methoxy groups -OCH3 is 1. The van der Waals surface area contributed by atoms with Crippen LogP contribution in [0, 0.1) is 5.92 Å². The van der Waals surface area contributed by atoms with Crippen LogP contribution in [0.1, 0.15) is 26.7 Å². The number of hydrogen-bond acceptors (Lipinski definition) is 5. The molecule has 0 radical (unpaired) electrons. The van der Waals surface area contributed by atoms with Gasteiger partial charge in [-0.3, -0.25) is 4.90 Å². The van der Waals surface area contributed by atoms with Crippen molar-refractivity contribution < 1.29 is 14.6 Å². The summed E-state index contributed by atoms with van der Waals surface area (Å²) in [7, 11) is 1.65. The Morgan fingerprint density at radius 1 is 1.42 bits per heavy atom. The van der Waals surface area contributed by atoms with Crippen molar-refractivity contribution in [1.29, 1.82) is 0 Å². The lowest BCUT2D eigenvalue weighted by Crippen LogP contribution is -2.49. The van der Waals surface area contributed by atoms with Crippen molar-refractivity contribution in [2.45, 2.75) is 44.9 Å². The Labute approximate surface area is 117 Å². The van der Waals surface area contributed by atoms with E-state index in [-0.39, 0.29) is 6.10 Å². The molecule has 1 aliphatic heterocycles. The van der Waals surface area contributed by atoms with Gasteiger partial charge in [0, 0.05) is 26.2 Å². The maximum atomic E-state index is 10.0. The molecule has 0 aromatic rings. The average molecular weight is 274 g/mol. The highest BCUT2D eigenvalue weighted by atomic mass is 16.5. The number of nitrogens with two attached hydrogens (primary N) is 1. The van der Waals surface area contributed by atoms with Gasteiger partial charge >= 0.3 is 0 Å². The standard InChI is InChI=1S/C14H30N2O3/c1-11-4-5-16(13(6-11)7-15)8-14(17)10-19-12(2)9-18-3/h11-14,17H,4-10,15H2,1-3H3. The predicted molar refractivity (Wildman–Crippen MR) is 76.1 cm³/mol. The van der Waals surface area contributed by atoms with E-state index in [0.717, 1.165) is 18.9 Å². The van der Waals surface area contributed by atoms with Gasteiger partial charge in [-0.15, -0.1) is 0 Å². The van der Waals surface area contributed by atoms with Gasteiger partial charge in [-0.25, -0.2) is 0 Å². The molecule has 0 bridgehead atoms. The second-order valence-corrected chi connectivity index (χ2v) is 5.77. The molecule has 19 heavy (non-hydrogen) atoms. The number of nitrogens with zero attached hydrogens (tertiary/aromatic N) is 1. The zero-order valence-electron chi connectivity index (χ0n) is 12.5. The van der Waals surface area contributed by atoms with E-state index in [4.69, 9.17) is 15.2 Å². The smallest absolute Gasteiger partial charge is 0.0900 e. The van der Waals surface area contributed by atoms with Gasteiger partial charge in [-0.1, -0.05) is 6.92 Å². The summed E-state index contributed by atoms with van der Waals surface area (Å²) in [6.45, 7) is 7.46. The quantitative estimate of drug-likeness (QED) is 0.673. The largest absolute Gasteiger partial charge is 0.389 e. The van der Waals surface area contributed by atoms with Crippen LogP contribution in [0.5, 0.6) is 0 Å². The summed E-state index contributed by atoms with van der Waals surface area (Å²) in [5, 5.41) is 10.0. The third-order valence-corrected chi connectivity index (χ3v) is 3.79. The minimum Gasteiger partial charge on any atom is -0.389 e. The van der Waals surface area contributed by atoms with E-state index < -0.39 is 6.10 Å². The molecule has 0 spiro atoms. The van der Waals surface area contributed by atoms with Gasteiger partial charge in [0.1, 0.15) is 0 Å². The topological polar surface area (TPSA) is 68.0 Å². The number of rotatable bonds is 8. The molecule has 1 saturated heterocycles. The lowest BCUT2D eigenvalue weighted by Gasteiger charge is -2.39. The van der Waals surface area contributed by atoms with Crippen LogP contribution in [0.3, 0.4) is 0 Å². The zero-order valence-corrected chi connectivity index (χ0v) is 12.5. The number of β-amino-alcohol motifs (C(OH)–C–C–N with tert-alkyl or cyclic N) is 1. The van der Waals surface area contributed by atoms with Crippen molar-refractivity contribution in [1.82, 2.24) is 4.90 Å². The van der Waals surface area contributed by atoms with Crippen LogP contribution >= 0.6 is 0 Å². The third kappa shape index (κ3) is 6.19. The number of piperidine rings is 1. The summed E-state index contributed by atoms with van der Waals surface area (Å²) in [6, 6.07) is 0.398. The SMILES string of the molecule is COCC(C)OCC(O)CN1CCC(C)CC1CN. The van der Waals surface area contributed by atoms with Gasteiger partial charge in [0.25, 0.3) is 0 Å². The molecule has 3 N–H and O–H groups in total. The molecular weight excluding hydrogens is 244 g/mol. The molecule has 1 heterocycles. The van der Waals surface area contributed by atoms with E-state index in [1.165, 1.54) is 6.42 Å². The molecule has 0 aromatic heterocycles. The van der Waals surface area contributed by atoms with E-state index in [2.05, 4.69) is 11.8 Å². The minimum atomic E-state index is -0.457. The fourth-order valence-corrected chi connectivity index (χ4v) is 2.67. The molecule has 4 unspecified atom stereocenters. The van der Waals surface area contributed by atoms with Crippen molar-refractivity contribution in [2.24, 2.45) is 11.7 Å². The number of aliphatic hydroxyl groups is 1. The molecule has 5 nitrogen and oxygen atoms in total. The molecule has 5 heteroatoms. The Balaban J connectivity index is 2.28. The molecule has 4 atom stereocenters. The summed E-state index contributed by atoms with van der Waals surface area (Å²) >= 11 is 0. The Hall–Kier alpha value is -0.200. The molecule has 0 aromatic carbocycles. The second-order valence-electron chi connectivity index (χ2n) is 5.77. The minimum absolute atomic E-state index is 0.0198. The normalized spacial score (nSPS) is 28.3. The maximum absolute atomic E-state index is 10.0. The lowest BCUT2D eigenvalue weighted by molar-refractivity contribution is -0.0461. The van der Waals surface area contributed by atoms with Crippen LogP contribution in [-0.2, 0) is 9.47 Å². The molecule has 1 aliphatic rings. The van der Waals surface area contributed by atoms with Gasteiger partial charge < -0.3 is 20.3 Å². The summed E-state index contributed by atoms with van der Waals surface area (Å²) < 4.78 is 10.5. The summed E-state index contributed by atoms with van der Waals surface area (Å²) in [5.41, 5.74) is 5.82. The summed E-state index contributed by atoms with van der Waals surface area (Å²) in [4.78, 5) is 2.30. The average Bonchev–Trinajstić information content (AvgIpc) is 2.39. The zero-order chi connectivity index (χ0) is 14.3. The first-order valence-corrected chi connectivity index (χ1v) is 7.29. The predicted octanol–water partition coefficient (Wildman–Crippen LogP) is 0.458. The molecule has 0 amide bonds. The Morgan fingerprint density at radius 2 is 2.16 bits per heavy atom. The summed E-state index contributed by atoms with van der Waals surface area (Å²) in [5.74, 6) is 0.736. The van der Waals surface area contributed by atoms with Crippen LogP contribution < -0.4 is 5.73 Å². The molecule has 0 saturated carbocycles. The fraction of sp³-hybridized carbons (Fsp3) is 1.00. The first-order chi connectivity index (χ1) is 9.06. The molecule has 114 valence electrons. The van der Waals surface area contributed by atoms with Crippen molar-refractivity contribution in [3.63, 3.8) is 0 Å². The van der Waals surface area contributed by atoms with E-state index in [1.54, 1.807) is 7.11 Å². The van der Waals surface area contributed by atoms with Crippen LogP contribution in [0.4, 0.5) is 0 Å². The number of hydrogen-bond donors (Lipinski definition) is 2. The second kappa shape index (κ2) is 8.87. The van der Waals surface area contributed by atoms with Gasteiger partial charge in [0.2, 0.25) is 0 Å². The van der Waals surface area contributed by atoms with Crippen molar-refractivity contribution in [3.05, 3.63) is 0 Å². The van der Waals surface area contributed by atoms with E-state index >= 15 is 0 Å². The van der Waals surface area contributed by atoms with E-state index in [1.807, 2.05) is 6.92 Å². The van der Waals surface area contributed by atoms with Crippen molar-refractivity contribution in [2.75, 3.05) is 40.0 Å². The Bertz CT molecular complexity index is 241. The first-order valence-electron chi connectivity index (χ1n) is 7.29. The monoisotopic (exact) mass is 274 g/mol. The first kappa shape index (κ1) is 16.9. The highest BCUT2D eigenvalue weighted by molar-refractivity contribution is 4.82. The van der Waals surface area contributed by atoms with Crippen LogP contribution in [0.2, 0.25) is 0 Å². The van der Waals surface area contributed by atoms with Gasteiger partial charge in [0.05, 0.1) is 25.4 Å². The molecule has 1 fully saturated rings. The van der Waals surface area contributed by atoms with Gasteiger partial charge in [-0.05, 0) is 32.2 Å². The third-order valence-electron chi connectivity index (χ3n) is 3.79. The van der Waals surface area contributed by atoms with Gasteiger partial charge in [-0.2, -0.15) is 0 Å². The maximum Gasteiger partial charge on any atom is 0.0900 e.